The molecule has 0 fully saturated rings. The Hall–Kier alpha value is -3.21. The molecule has 0 bridgehead atoms. The van der Waals surface area contributed by atoms with Gasteiger partial charge in [-0.05, 0) is 41.5 Å². The number of amides is 1. The maximum atomic E-state index is 13.0. The molecule has 0 N–H and O–H groups in total. The van der Waals surface area contributed by atoms with Crippen LogP contribution in [0.5, 0.6) is 0 Å². The first-order valence-corrected chi connectivity index (χ1v) is 8.54. The largest absolute Gasteiger partial charge is 0.365 e. The van der Waals surface area contributed by atoms with E-state index in [2.05, 4.69) is 9.97 Å². The Morgan fingerprint density at radius 1 is 0.846 bits per heavy atom. The minimum atomic E-state index is 0.0667. The van der Waals surface area contributed by atoms with Crippen LogP contribution in [0.3, 0.4) is 0 Å². The van der Waals surface area contributed by atoms with Gasteiger partial charge in [0.05, 0.1) is 6.54 Å². The second-order valence-corrected chi connectivity index (χ2v) is 6.16. The molecule has 0 aliphatic heterocycles. The second kappa shape index (κ2) is 8.76. The van der Waals surface area contributed by atoms with Gasteiger partial charge in [0.15, 0.2) is 0 Å². The van der Waals surface area contributed by atoms with E-state index < -0.39 is 0 Å². The summed E-state index contributed by atoms with van der Waals surface area (Å²) in [6.07, 6.45) is 7.03. The number of pyridine rings is 2. The topological polar surface area (TPSA) is 49.3 Å². The van der Waals surface area contributed by atoms with Crippen LogP contribution in [0.2, 0.25) is 0 Å². The average molecular weight is 346 g/mol. The van der Waals surface area contributed by atoms with Crippen LogP contribution in [-0.2, 0) is 17.9 Å². The van der Waals surface area contributed by atoms with Gasteiger partial charge in [-0.1, -0.05) is 24.3 Å². The Morgan fingerprint density at radius 3 is 2.27 bits per heavy atom. The van der Waals surface area contributed by atoms with Gasteiger partial charge in [-0.25, -0.2) is 0 Å². The number of benzene rings is 1. The lowest BCUT2D eigenvalue weighted by atomic mass is 10.2. The van der Waals surface area contributed by atoms with Gasteiger partial charge < -0.3 is 9.80 Å². The van der Waals surface area contributed by atoms with E-state index in [4.69, 9.17) is 0 Å². The molecule has 0 aliphatic rings. The Morgan fingerprint density at radius 2 is 1.58 bits per heavy atom. The Kier molecular flexibility index (Phi) is 5.93. The highest BCUT2D eigenvalue weighted by Crippen LogP contribution is 2.13. The molecular weight excluding hydrogens is 324 g/mol. The zero-order chi connectivity index (χ0) is 18.2. The van der Waals surface area contributed by atoms with Crippen LogP contribution in [0.15, 0.2) is 79.4 Å². The number of likely N-dealkylation sites (N-methyl/N-ethyl adjacent to an activating group) is 1. The maximum absolute atomic E-state index is 13.0. The summed E-state index contributed by atoms with van der Waals surface area (Å²) < 4.78 is 0. The van der Waals surface area contributed by atoms with E-state index in [1.165, 1.54) is 0 Å². The molecule has 26 heavy (non-hydrogen) atoms. The fraction of sp³-hybridized carbons (Fsp3) is 0.190. The molecule has 2 heterocycles. The van der Waals surface area contributed by atoms with E-state index in [9.17, 15) is 4.79 Å². The van der Waals surface area contributed by atoms with Crippen molar-refractivity contribution >= 4 is 11.6 Å². The zero-order valence-corrected chi connectivity index (χ0v) is 14.8. The summed E-state index contributed by atoms with van der Waals surface area (Å²) in [5, 5.41) is 0. The van der Waals surface area contributed by atoms with Crippen LogP contribution in [0.1, 0.15) is 11.1 Å². The molecule has 0 spiro atoms. The standard InChI is InChI=1S/C21H22N4O/c1-24(20-7-3-2-4-8-20)17-21(26)25(15-18-9-12-22-13-10-18)16-19-6-5-11-23-14-19/h2-14H,15-17H2,1H3. The van der Waals surface area contributed by atoms with Crippen molar-refractivity contribution in [2.45, 2.75) is 13.1 Å². The molecule has 5 nitrogen and oxygen atoms in total. The number of hydrogen-bond donors (Lipinski definition) is 0. The van der Waals surface area contributed by atoms with E-state index in [0.29, 0.717) is 19.6 Å². The molecule has 0 saturated carbocycles. The Labute approximate surface area is 153 Å². The third kappa shape index (κ3) is 4.89. The van der Waals surface area contributed by atoms with Gasteiger partial charge in [-0.15, -0.1) is 0 Å². The number of carbonyl (C=O) groups is 1. The van der Waals surface area contributed by atoms with Crippen molar-refractivity contribution in [1.29, 1.82) is 0 Å². The highest BCUT2D eigenvalue weighted by atomic mass is 16.2. The minimum Gasteiger partial charge on any atom is -0.365 e. The van der Waals surface area contributed by atoms with Gasteiger partial charge in [-0.3, -0.25) is 14.8 Å². The van der Waals surface area contributed by atoms with Crippen molar-refractivity contribution in [2.24, 2.45) is 0 Å². The molecule has 5 heteroatoms. The van der Waals surface area contributed by atoms with Crippen LogP contribution < -0.4 is 4.90 Å². The fourth-order valence-electron chi connectivity index (χ4n) is 2.73. The molecular formula is C21H22N4O. The lowest BCUT2D eigenvalue weighted by Gasteiger charge is -2.26. The second-order valence-electron chi connectivity index (χ2n) is 6.16. The molecule has 132 valence electrons. The summed E-state index contributed by atoms with van der Waals surface area (Å²) in [4.78, 5) is 25.0. The average Bonchev–Trinajstić information content (AvgIpc) is 2.69. The number of nitrogens with zero attached hydrogens (tertiary/aromatic N) is 4. The zero-order valence-electron chi connectivity index (χ0n) is 14.8. The number of anilines is 1. The van der Waals surface area contributed by atoms with Crippen molar-refractivity contribution in [3.63, 3.8) is 0 Å². The van der Waals surface area contributed by atoms with E-state index in [-0.39, 0.29) is 5.91 Å². The molecule has 0 atom stereocenters. The van der Waals surface area contributed by atoms with E-state index >= 15 is 0 Å². The van der Waals surface area contributed by atoms with Gasteiger partial charge in [-0.2, -0.15) is 0 Å². The highest BCUT2D eigenvalue weighted by Gasteiger charge is 2.17. The summed E-state index contributed by atoms with van der Waals surface area (Å²) >= 11 is 0. The van der Waals surface area contributed by atoms with E-state index in [1.807, 2.05) is 71.4 Å². The number of hydrogen-bond acceptors (Lipinski definition) is 4. The lowest BCUT2D eigenvalue weighted by Crippen LogP contribution is -2.38. The first-order chi connectivity index (χ1) is 12.7. The minimum absolute atomic E-state index is 0.0667. The van der Waals surface area contributed by atoms with Gasteiger partial charge >= 0.3 is 0 Å². The van der Waals surface area contributed by atoms with Gasteiger partial charge in [0.1, 0.15) is 0 Å². The number of aromatic nitrogens is 2. The van der Waals surface area contributed by atoms with Gasteiger partial charge in [0.2, 0.25) is 5.91 Å². The summed E-state index contributed by atoms with van der Waals surface area (Å²) in [7, 11) is 1.93. The van der Waals surface area contributed by atoms with E-state index in [1.54, 1.807) is 24.8 Å². The predicted molar refractivity (Wildman–Crippen MR) is 102 cm³/mol. The Bertz CT molecular complexity index is 768. The molecule has 3 aromatic rings. The highest BCUT2D eigenvalue weighted by molar-refractivity contribution is 5.81. The van der Waals surface area contributed by atoms with Crippen molar-refractivity contribution in [2.75, 3.05) is 18.5 Å². The summed E-state index contributed by atoms with van der Waals surface area (Å²) in [6.45, 7) is 1.38. The molecule has 0 saturated heterocycles. The molecule has 2 aromatic heterocycles. The SMILES string of the molecule is CN(CC(=O)N(Cc1ccncc1)Cc1cccnc1)c1ccccc1. The third-order valence-electron chi connectivity index (χ3n) is 4.14. The lowest BCUT2D eigenvalue weighted by molar-refractivity contribution is -0.130. The molecule has 0 aliphatic carbocycles. The van der Waals surface area contributed by atoms with Crippen LogP contribution in [0.4, 0.5) is 5.69 Å². The normalized spacial score (nSPS) is 10.3. The molecule has 0 unspecified atom stereocenters. The molecule has 1 amide bonds. The number of para-hydroxylation sites is 1. The number of carbonyl (C=O) groups excluding carboxylic acids is 1. The van der Waals surface area contributed by atoms with Crippen molar-refractivity contribution < 1.29 is 4.79 Å². The summed E-state index contributed by atoms with van der Waals surface area (Å²) in [5.41, 5.74) is 3.09. The van der Waals surface area contributed by atoms with Crippen LogP contribution >= 0.6 is 0 Å². The van der Waals surface area contributed by atoms with E-state index in [0.717, 1.165) is 16.8 Å². The monoisotopic (exact) mass is 346 g/mol. The summed E-state index contributed by atoms with van der Waals surface area (Å²) in [5.74, 6) is 0.0667. The van der Waals surface area contributed by atoms with Gasteiger partial charge in [0, 0.05) is 50.6 Å². The van der Waals surface area contributed by atoms with Crippen molar-refractivity contribution in [3.8, 4) is 0 Å². The quantitative estimate of drug-likeness (QED) is 0.659. The third-order valence-corrected chi connectivity index (χ3v) is 4.14. The first kappa shape index (κ1) is 17.6. The molecule has 1 aromatic carbocycles. The van der Waals surface area contributed by atoms with Crippen LogP contribution in [-0.4, -0.2) is 34.4 Å². The predicted octanol–water partition coefficient (Wildman–Crippen LogP) is 3.14. The number of rotatable bonds is 7. The van der Waals surface area contributed by atoms with Crippen LogP contribution in [0.25, 0.3) is 0 Å². The molecule has 3 rings (SSSR count). The van der Waals surface area contributed by atoms with Crippen LogP contribution in [0, 0.1) is 0 Å². The first-order valence-electron chi connectivity index (χ1n) is 8.54. The Balaban J connectivity index is 1.74. The van der Waals surface area contributed by atoms with Gasteiger partial charge in [0.25, 0.3) is 0 Å². The summed E-state index contributed by atoms with van der Waals surface area (Å²) in [6, 6.07) is 17.7. The fourth-order valence-corrected chi connectivity index (χ4v) is 2.73. The molecule has 0 radical (unpaired) electrons. The van der Waals surface area contributed by atoms with Crippen molar-refractivity contribution in [3.05, 3.63) is 90.5 Å². The smallest absolute Gasteiger partial charge is 0.242 e. The maximum Gasteiger partial charge on any atom is 0.242 e. The van der Waals surface area contributed by atoms with Crippen molar-refractivity contribution in [1.82, 2.24) is 14.9 Å².